The number of benzene rings is 1. The standard InChI is InChI=1S/C16H22N2O4S/c1-11(16(20)17-14-7-3-4-8-14)18-23(21,22)15-9-5-6-13(10-15)12(2)19/h5-6,9-11,14,18H,3-4,7-8H2,1-2H3,(H,17,20)/t11-/m0/s1. The average molecular weight is 338 g/mol. The number of carbonyl (C=O) groups excluding carboxylic acids is 2. The summed E-state index contributed by atoms with van der Waals surface area (Å²) in [6.45, 7) is 2.88. The molecule has 6 nitrogen and oxygen atoms in total. The summed E-state index contributed by atoms with van der Waals surface area (Å²) >= 11 is 0. The summed E-state index contributed by atoms with van der Waals surface area (Å²) in [4.78, 5) is 23.4. The second-order valence-corrected chi connectivity index (χ2v) is 7.63. The van der Waals surface area contributed by atoms with Gasteiger partial charge in [-0.15, -0.1) is 0 Å². The van der Waals surface area contributed by atoms with Crippen LogP contribution in [0.4, 0.5) is 0 Å². The first kappa shape index (κ1) is 17.6. The van der Waals surface area contributed by atoms with Crippen LogP contribution < -0.4 is 10.0 Å². The Morgan fingerprint density at radius 2 is 1.87 bits per heavy atom. The molecule has 1 aliphatic carbocycles. The molecule has 0 aliphatic heterocycles. The Morgan fingerprint density at radius 3 is 2.48 bits per heavy atom. The lowest BCUT2D eigenvalue weighted by atomic mass is 10.2. The molecule has 1 aliphatic rings. The van der Waals surface area contributed by atoms with Crippen molar-refractivity contribution in [1.29, 1.82) is 0 Å². The molecule has 126 valence electrons. The zero-order valence-electron chi connectivity index (χ0n) is 13.3. The minimum Gasteiger partial charge on any atom is -0.352 e. The van der Waals surface area contributed by atoms with Crippen LogP contribution in [-0.4, -0.2) is 32.2 Å². The maximum Gasteiger partial charge on any atom is 0.241 e. The number of Topliss-reactive ketones (excluding diaryl/α,β-unsaturated/α-hetero) is 1. The topological polar surface area (TPSA) is 92.3 Å². The highest BCUT2D eigenvalue weighted by Gasteiger charge is 2.25. The van der Waals surface area contributed by atoms with E-state index in [0.717, 1.165) is 25.7 Å². The van der Waals surface area contributed by atoms with Gasteiger partial charge in [0.1, 0.15) is 0 Å². The van der Waals surface area contributed by atoms with E-state index in [1.54, 1.807) is 6.07 Å². The molecule has 0 radical (unpaired) electrons. The molecule has 0 heterocycles. The number of carbonyl (C=O) groups is 2. The van der Waals surface area contributed by atoms with E-state index < -0.39 is 16.1 Å². The molecular formula is C16H22N2O4S. The molecule has 0 unspecified atom stereocenters. The largest absolute Gasteiger partial charge is 0.352 e. The first-order valence-corrected chi connectivity index (χ1v) is 9.21. The molecule has 7 heteroatoms. The van der Waals surface area contributed by atoms with E-state index in [-0.39, 0.29) is 22.6 Å². The SMILES string of the molecule is CC(=O)c1cccc(S(=O)(=O)N[C@@H](C)C(=O)NC2CCCC2)c1. The van der Waals surface area contributed by atoms with Gasteiger partial charge in [-0.1, -0.05) is 25.0 Å². The van der Waals surface area contributed by atoms with E-state index in [1.807, 2.05) is 0 Å². The van der Waals surface area contributed by atoms with Gasteiger partial charge in [0, 0.05) is 11.6 Å². The fourth-order valence-electron chi connectivity index (χ4n) is 2.63. The molecule has 1 saturated carbocycles. The quantitative estimate of drug-likeness (QED) is 0.771. The van der Waals surface area contributed by atoms with Crippen molar-refractivity contribution in [3.05, 3.63) is 29.8 Å². The fourth-order valence-corrected chi connectivity index (χ4v) is 3.88. The average Bonchev–Trinajstić information content (AvgIpc) is 2.99. The van der Waals surface area contributed by atoms with E-state index in [2.05, 4.69) is 10.0 Å². The molecule has 1 aromatic rings. The molecule has 0 spiro atoms. The van der Waals surface area contributed by atoms with Crippen LogP contribution >= 0.6 is 0 Å². The zero-order chi connectivity index (χ0) is 17.0. The van der Waals surface area contributed by atoms with Gasteiger partial charge in [0.25, 0.3) is 0 Å². The van der Waals surface area contributed by atoms with E-state index in [1.165, 1.54) is 32.0 Å². The highest BCUT2D eigenvalue weighted by molar-refractivity contribution is 7.89. The molecule has 23 heavy (non-hydrogen) atoms. The summed E-state index contributed by atoms with van der Waals surface area (Å²) in [5.41, 5.74) is 0.316. The van der Waals surface area contributed by atoms with Gasteiger partial charge in [0.15, 0.2) is 5.78 Å². The molecule has 1 aromatic carbocycles. The fraction of sp³-hybridized carbons (Fsp3) is 0.500. The summed E-state index contributed by atoms with van der Waals surface area (Å²) in [5.74, 6) is -0.544. The van der Waals surface area contributed by atoms with Crippen molar-refractivity contribution >= 4 is 21.7 Å². The summed E-state index contributed by atoms with van der Waals surface area (Å²) in [6.07, 6.45) is 4.05. The Bertz CT molecular complexity index is 694. The van der Waals surface area contributed by atoms with Crippen LogP contribution in [0, 0.1) is 0 Å². The lowest BCUT2D eigenvalue weighted by Gasteiger charge is -2.18. The Labute approximate surface area is 136 Å². The van der Waals surface area contributed by atoms with Crippen LogP contribution in [-0.2, 0) is 14.8 Å². The summed E-state index contributed by atoms with van der Waals surface area (Å²) in [5, 5.41) is 2.86. The number of ketones is 1. The van der Waals surface area contributed by atoms with Crippen LogP contribution in [0.3, 0.4) is 0 Å². The Hall–Kier alpha value is -1.73. The lowest BCUT2D eigenvalue weighted by molar-refractivity contribution is -0.123. The summed E-state index contributed by atoms with van der Waals surface area (Å²) in [7, 11) is -3.86. The van der Waals surface area contributed by atoms with E-state index >= 15 is 0 Å². The van der Waals surface area contributed by atoms with Gasteiger partial charge in [-0.25, -0.2) is 8.42 Å². The molecule has 1 atom stereocenters. The molecule has 0 bridgehead atoms. The monoisotopic (exact) mass is 338 g/mol. The normalized spacial score (nSPS) is 17.0. The maximum absolute atomic E-state index is 12.4. The molecular weight excluding hydrogens is 316 g/mol. The number of hydrogen-bond acceptors (Lipinski definition) is 4. The zero-order valence-corrected chi connectivity index (χ0v) is 14.2. The minimum atomic E-state index is -3.86. The van der Waals surface area contributed by atoms with Gasteiger partial charge in [0.05, 0.1) is 10.9 Å². The first-order chi connectivity index (χ1) is 10.8. The highest BCUT2D eigenvalue weighted by Crippen LogP contribution is 2.18. The van der Waals surface area contributed by atoms with Crippen molar-refractivity contribution in [2.24, 2.45) is 0 Å². The molecule has 2 N–H and O–H groups in total. The van der Waals surface area contributed by atoms with Crippen LogP contribution in [0.15, 0.2) is 29.2 Å². The second kappa shape index (κ2) is 7.23. The van der Waals surface area contributed by atoms with E-state index in [0.29, 0.717) is 5.56 Å². The highest BCUT2D eigenvalue weighted by atomic mass is 32.2. The smallest absolute Gasteiger partial charge is 0.241 e. The summed E-state index contributed by atoms with van der Waals surface area (Å²) < 4.78 is 27.1. The maximum atomic E-state index is 12.4. The molecule has 0 aromatic heterocycles. The number of rotatable bonds is 6. The molecule has 2 rings (SSSR count). The van der Waals surface area contributed by atoms with Gasteiger partial charge in [0.2, 0.25) is 15.9 Å². The third kappa shape index (κ3) is 4.62. The number of hydrogen-bond donors (Lipinski definition) is 2. The Morgan fingerprint density at radius 1 is 1.22 bits per heavy atom. The second-order valence-electron chi connectivity index (χ2n) is 5.92. The van der Waals surface area contributed by atoms with Crippen LogP contribution in [0.25, 0.3) is 0 Å². The third-order valence-electron chi connectivity index (χ3n) is 3.98. The van der Waals surface area contributed by atoms with Crippen molar-refractivity contribution < 1.29 is 18.0 Å². The van der Waals surface area contributed by atoms with Crippen molar-refractivity contribution in [3.63, 3.8) is 0 Å². The van der Waals surface area contributed by atoms with Crippen molar-refractivity contribution in [2.45, 2.75) is 56.5 Å². The van der Waals surface area contributed by atoms with Crippen LogP contribution in [0.2, 0.25) is 0 Å². The van der Waals surface area contributed by atoms with Crippen LogP contribution in [0.1, 0.15) is 49.9 Å². The number of amides is 1. The minimum absolute atomic E-state index is 0.0225. The third-order valence-corrected chi connectivity index (χ3v) is 5.52. The van der Waals surface area contributed by atoms with Crippen LogP contribution in [0.5, 0.6) is 0 Å². The van der Waals surface area contributed by atoms with E-state index in [4.69, 9.17) is 0 Å². The predicted octanol–water partition coefficient (Wildman–Crippen LogP) is 1.61. The first-order valence-electron chi connectivity index (χ1n) is 7.73. The van der Waals surface area contributed by atoms with Crippen molar-refractivity contribution in [1.82, 2.24) is 10.0 Å². The number of nitrogens with one attached hydrogen (secondary N) is 2. The van der Waals surface area contributed by atoms with Gasteiger partial charge in [-0.3, -0.25) is 9.59 Å². The number of sulfonamides is 1. The lowest BCUT2D eigenvalue weighted by Crippen LogP contribution is -2.47. The van der Waals surface area contributed by atoms with E-state index in [9.17, 15) is 18.0 Å². The Balaban J connectivity index is 2.06. The summed E-state index contributed by atoms with van der Waals surface area (Å²) in [6, 6.07) is 5.03. The molecule has 1 fully saturated rings. The predicted molar refractivity (Wildman–Crippen MR) is 86.6 cm³/mol. The van der Waals surface area contributed by atoms with Gasteiger partial charge in [-0.05, 0) is 38.8 Å². The van der Waals surface area contributed by atoms with Gasteiger partial charge in [-0.2, -0.15) is 4.72 Å². The molecule has 1 amide bonds. The van der Waals surface area contributed by atoms with Gasteiger partial charge >= 0.3 is 0 Å². The molecule has 0 saturated heterocycles. The van der Waals surface area contributed by atoms with Gasteiger partial charge < -0.3 is 5.32 Å². The van der Waals surface area contributed by atoms with Crippen molar-refractivity contribution in [2.75, 3.05) is 0 Å². The Kier molecular flexibility index (Phi) is 5.54. The van der Waals surface area contributed by atoms with Crippen molar-refractivity contribution in [3.8, 4) is 0 Å².